The molecule has 4 rings (SSSR count). The summed E-state index contributed by atoms with van der Waals surface area (Å²) in [6.07, 6.45) is 3.75. The summed E-state index contributed by atoms with van der Waals surface area (Å²) >= 11 is 1.25. The summed E-state index contributed by atoms with van der Waals surface area (Å²) in [7, 11) is -4.04. The topological polar surface area (TPSA) is 150 Å². The molecule has 0 fully saturated rings. The number of hydrogen-bond donors (Lipinski definition) is 3. The first kappa shape index (κ1) is 21.9. The van der Waals surface area contributed by atoms with Gasteiger partial charge in [-0.1, -0.05) is 6.07 Å². The van der Waals surface area contributed by atoms with Crippen molar-refractivity contribution >= 4 is 33.0 Å². The lowest BCUT2D eigenvalue weighted by Crippen LogP contribution is -2.28. The van der Waals surface area contributed by atoms with Gasteiger partial charge in [0.2, 0.25) is 5.95 Å². The second kappa shape index (κ2) is 7.97. The van der Waals surface area contributed by atoms with Crippen molar-refractivity contribution in [1.82, 2.24) is 15.0 Å². The lowest BCUT2D eigenvalue weighted by Gasteiger charge is -2.14. The van der Waals surface area contributed by atoms with E-state index in [1.807, 2.05) is 0 Å². The van der Waals surface area contributed by atoms with Gasteiger partial charge in [0.25, 0.3) is 10.0 Å². The number of sulfonamides is 1. The zero-order valence-corrected chi connectivity index (χ0v) is 18.7. The van der Waals surface area contributed by atoms with E-state index in [2.05, 4.69) is 19.7 Å². The van der Waals surface area contributed by atoms with Crippen molar-refractivity contribution in [1.29, 1.82) is 0 Å². The molecule has 12 heteroatoms. The fourth-order valence-electron chi connectivity index (χ4n) is 2.85. The molecule has 0 radical (unpaired) electrons. The molecule has 0 unspecified atom stereocenters. The number of halogens is 1. The van der Waals surface area contributed by atoms with E-state index in [0.717, 1.165) is 6.26 Å². The van der Waals surface area contributed by atoms with E-state index >= 15 is 4.39 Å². The number of rotatable bonds is 6. The van der Waals surface area contributed by atoms with Gasteiger partial charge in [-0.3, -0.25) is 4.72 Å². The summed E-state index contributed by atoms with van der Waals surface area (Å²) in [6, 6.07) is 7.23. The van der Waals surface area contributed by atoms with Crippen molar-refractivity contribution in [2.45, 2.75) is 24.3 Å². The van der Waals surface area contributed by atoms with Crippen molar-refractivity contribution in [3.05, 3.63) is 59.9 Å². The van der Waals surface area contributed by atoms with Gasteiger partial charge in [-0.05, 0) is 38.1 Å². The maximum absolute atomic E-state index is 15.5. The predicted molar refractivity (Wildman–Crippen MR) is 120 cm³/mol. The number of thiazole rings is 1. The molecule has 0 aliphatic heterocycles. The highest BCUT2D eigenvalue weighted by atomic mass is 32.2. The van der Waals surface area contributed by atoms with E-state index in [4.69, 9.17) is 15.9 Å². The molecule has 3 aromatic heterocycles. The minimum atomic E-state index is -4.04. The van der Waals surface area contributed by atoms with Gasteiger partial charge < -0.3 is 15.9 Å². The standard InChI is InChI=1S/C20H19FN6O3S2/c1-20(2,23)18-26-16(17(31-18)14-6-8-24-19(22)25-14)12-4-3-5-13(15(12)21)27-32(28,29)11-7-9-30-10-11/h3-10,27H,23H2,1-2H3,(H2,22,24,25). The highest BCUT2D eigenvalue weighted by Gasteiger charge is 2.27. The fraction of sp³-hybridized carbons (Fsp3) is 0.150. The molecular formula is C20H19FN6O3S2. The first-order chi connectivity index (χ1) is 15.1. The third-order valence-electron chi connectivity index (χ3n) is 4.39. The molecule has 32 heavy (non-hydrogen) atoms. The normalized spacial score (nSPS) is 12.1. The second-order valence-corrected chi connectivity index (χ2v) is 10.1. The van der Waals surface area contributed by atoms with Gasteiger partial charge >= 0.3 is 0 Å². The van der Waals surface area contributed by atoms with Crippen molar-refractivity contribution in [2.75, 3.05) is 10.5 Å². The molecule has 0 saturated heterocycles. The molecule has 0 aliphatic carbocycles. The summed E-state index contributed by atoms with van der Waals surface area (Å²) in [5, 5.41) is 0.545. The molecule has 0 bridgehead atoms. The smallest absolute Gasteiger partial charge is 0.265 e. The lowest BCUT2D eigenvalue weighted by molar-refractivity contribution is 0.550. The molecule has 4 aromatic rings. The highest BCUT2D eigenvalue weighted by Crippen LogP contribution is 2.41. The quantitative estimate of drug-likeness (QED) is 0.384. The van der Waals surface area contributed by atoms with Crippen molar-refractivity contribution < 1.29 is 17.2 Å². The van der Waals surface area contributed by atoms with Crippen LogP contribution in [0.3, 0.4) is 0 Å². The Morgan fingerprint density at radius 3 is 2.62 bits per heavy atom. The van der Waals surface area contributed by atoms with Gasteiger partial charge in [0.05, 0.1) is 33.8 Å². The minimum Gasteiger partial charge on any atom is -0.471 e. The number of furan rings is 1. The number of nitrogen functional groups attached to an aromatic ring is 1. The van der Waals surface area contributed by atoms with Gasteiger partial charge in [0, 0.05) is 11.8 Å². The summed E-state index contributed by atoms with van der Waals surface area (Å²) in [5.74, 6) is -0.743. The van der Waals surface area contributed by atoms with Gasteiger partial charge in [-0.15, -0.1) is 11.3 Å². The first-order valence-electron chi connectivity index (χ1n) is 9.29. The molecule has 166 valence electrons. The summed E-state index contributed by atoms with van der Waals surface area (Å²) in [4.78, 5) is 13.1. The molecule has 5 N–H and O–H groups in total. The Labute approximate surface area is 187 Å². The number of hydrogen-bond acceptors (Lipinski definition) is 9. The van der Waals surface area contributed by atoms with Crippen LogP contribution in [0.4, 0.5) is 16.0 Å². The third kappa shape index (κ3) is 4.20. The molecule has 0 atom stereocenters. The third-order valence-corrected chi connectivity index (χ3v) is 7.15. The maximum Gasteiger partial charge on any atom is 0.265 e. The number of nitrogens with zero attached hydrogens (tertiary/aromatic N) is 3. The van der Waals surface area contributed by atoms with Crippen LogP contribution in [0.5, 0.6) is 0 Å². The van der Waals surface area contributed by atoms with Gasteiger partial charge in [-0.2, -0.15) is 0 Å². The average molecular weight is 475 g/mol. The summed E-state index contributed by atoms with van der Waals surface area (Å²) in [6.45, 7) is 3.55. The van der Waals surface area contributed by atoms with Crippen LogP contribution in [0.1, 0.15) is 18.9 Å². The molecule has 0 amide bonds. The Morgan fingerprint density at radius 1 is 1.19 bits per heavy atom. The van der Waals surface area contributed by atoms with Crippen LogP contribution in [0.15, 0.2) is 58.4 Å². The maximum atomic E-state index is 15.5. The average Bonchev–Trinajstić information content (AvgIpc) is 3.40. The Balaban J connectivity index is 1.85. The molecule has 3 heterocycles. The molecule has 0 aliphatic rings. The van der Waals surface area contributed by atoms with E-state index in [-0.39, 0.29) is 27.8 Å². The van der Waals surface area contributed by atoms with E-state index in [0.29, 0.717) is 15.6 Å². The fourth-order valence-corrected chi connectivity index (χ4v) is 4.90. The second-order valence-electron chi connectivity index (χ2n) is 7.45. The summed E-state index contributed by atoms with van der Waals surface area (Å²) < 4.78 is 47.6. The summed E-state index contributed by atoms with van der Waals surface area (Å²) in [5.41, 5.74) is 11.7. The molecular weight excluding hydrogens is 455 g/mol. The van der Waals surface area contributed by atoms with Crippen LogP contribution in [-0.2, 0) is 15.6 Å². The highest BCUT2D eigenvalue weighted by molar-refractivity contribution is 7.92. The molecule has 9 nitrogen and oxygen atoms in total. The van der Waals surface area contributed by atoms with E-state index < -0.39 is 21.4 Å². The van der Waals surface area contributed by atoms with Crippen LogP contribution >= 0.6 is 11.3 Å². The minimum absolute atomic E-state index is 0.0532. The Bertz CT molecular complexity index is 1380. The molecule has 1 aromatic carbocycles. The van der Waals surface area contributed by atoms with Crippen molar-refractivity contribution in [2.24, 2.45) is 5.73 Å². The van der Waals surface area contributed by atoms with Crippen LogP contribution < -0.4 is 16.2 Å². The van der Waals surface area contributed by atoms with E-state index in [1.54, 1.807) is 19.9 Å². The van der Waals surface area contributed by atoms with E-state index in [1.165, 1.54) is 48.1 Å². The zero-order valence-electron chi connectivity index (χ0n) is 17.0. The van der Waals surface area contributed by atoms with Crippen LogP contribution in [0, 0.1) is 5.82 Å². The number of anilines is 2. The van der Waals surface area contributed by atoms with Gasteiger partial charge in [0.15, 0.2) is 5.82 Å². The predicted octanol–water partition coefficient (Wildman–Crippen LogP) is 3.58. The number of nitrogens with two attached hydrogens (primary N) is 2. The number of aromatic nitrogens is 3. The Hall–Kier alpha value is -3.35. The first-order valence-corrected chi connectivity index (χ1v) is 11.6. The van der Waals surface area contributed by atoms with Crippen LogP contribution in [0.2, 0.25) is 0 Å². The number of benzene rings is 1. The monoisotopic (exact) mass is 474 g/mol. The van der Waals surface area contributed by atoms with E-state index in [9.17, 15) is 8.42 Å². The van der Waals surface area contributed by atoms with Crippen LogP contribution in [0.25, 0.3) is 21.8 Å². The van der Waals surface area contributed by atoms with Gasteiger partial charge in [0.1, 0.15) is 16.2 Å². The largest absolute Gasteiger partial charge is 0.471 e. The Kier molecular flexibility index (Phi) is 5.44. The molecule has 0 saturated carbocycles. The van der Waals surface area contributed by atoms with Gasteiger partial charge in [-0.25, -0.2) is 27.8 Å². The van der Waals surface area contributed by atoms with Crippen molar-refractivity contribution in [3.63, 3.8) is 0 Å². The van der Waals surface area contributed by atoms with Crippen LogP contribution in [-0.4, -0.2) is 23.4 Å². The molecule has 0 spiro atoms. The zero-order chi connectivity index (χ0) is 23.1. The lowest BCUT2D eigenvalue weighted by atomic mass is 10.1. The van der Waals surface area contributed by atoms with Crippen molar-refractivity contribution in [3.8, 4) is 21.8 Å². The number of nitrogens with one attached hydrogen (secondary N) is 1. The SMILES string of the molecule is CC(C)(N)c1nc(-c2cccc(NS(=O)(=O)c3ccoc3)c2F)c(-c2ccnc(N)n2)s1. The Morgan fingerprint density at radius 2 is 1.97 bits per heavy atom.